The molecule has 0 heterocycles. The first-order valence-corrected chi connectivity index (χ1v) is 10.3. The fourth-order valence-electron chi connectivity index (χ4n) is 3.35. The van der Waals surface area contributed by atoms with Gasteiger partial charge >= 0.3 is 0 Å². The maximum absolute atomic E-state index is 8.99. The van der Waals surface area contributed by atoms with Gasteiger partial charge in [-0.25, -0.2) is 0 Å². The summed E-state index contributed by atoms with van der Waals surface area (Å²) in [5.74, 6) is 0. The smallest absolute Gasteiger partial charge is 0.110 e. The van der Waals surface area contributed by atoms with Crippen LogP contribution in [0.4, 0.5) is 0 Å². The van der Waals surface area contributed by atoms with Crippen molar-refractivity contribution in [1.29, 1.82) is 0 Å². The predicted octanol–water partition coefficient (Wildman–Crippen LogP) is 3.92. The van der Waals surface area contributed by atoms with E-state index < -0.39 is 0 Å². The zero-order valence-electron chi connectivity index (χ0n) is 17.1. The Kier molecular flexibility index (Phi) is 17.1. The van der Waals surface area contributed by atoms with Crippen molar-refractivity contribution in [2.75, 3.05) is 26.4 Å². The molecule has 3 unspecified atom stereocenters. The lowest BCUT2D eigenvalue weighted by Crippen LogP contribution is -2.48. The van der Waals surface area contributed by atoms with Crippen molar-refractivity contribution in [3.05, 3.63) is 0 Å². The number of hydrogen-bond donors (Lipinski definition) is 2. The van der Waals surface area contributed by atoms with Crippen LogP contribution in [0.3, 0.4) is 0 Å². The maximum Gasteiger partial charge on any atom is 0.110 e. The van der Waals surface area contributed by atoms with Gasteiger partial charge < -0.3 is 19.7 Å². The Bertz CT molecular complexity index is 264. The predicted molar refractivity (Wildman–Crippen MR) is 104 cm³/mol. The second kappa shape index (κ2) is 17.2. The lowest BCUT2D eigenvalue weighted by molar-refractivity contribution is -0.163. The van der Waals surface area contributed by atoms with E-state index in [1.807, 2.05) is 13.8 Å². The van der Waals surface area contributed by atoms with Gasteiger partial charge in [-0.05, 0) is 27.2 Å². The molecular formula is C20H43NO4. The quantitative estimate of drug-likeness (QED) is 0.286. The summed E-state index contributed by atoms with van der Waals surface area (Å²) < 4.78 is 11.4. The zero-order valence-corrected chi connectivity index (χ0v) is 17.1. The highest BCUT2D eigenvalue weighted by Gasteiger charge is 2.26. The monoisotopic (exact) mass is 361 g/mol. The molecular weight excluding hydrogens is 318 g/mol. The van der Waals surface area contributed by atoms with Crippen molar-refractivity contribution >= 4 is 0 Å². The van der Waals surface area contributed by atoms with Gasteiger partial charge in [-0.15, -0.1) is 0 Å². The Morgan fingerprint density at radius 1 is 0.720 bits per heavy atom. The lowest BCUT2D eigenvalue weighted by Gasteiger charge is -2.38. The minimum absolute atomic E-state index is 0.0243. The van der Waals surface area contributed by atoms with Crippen LogP contribution in [0.1, 0.15) is 85.5 Å². The summed E-state index contributed by atoms with van der Waals surface area (Å²) in [6.07, 6.45) is 11.4. The van der Waals surface area contributed by atoms with E-state index >= 15 is 0 Å². The SMILES string of the molecule is CCCCCCCCCCC(C)N(C(C)OCCO)C(C)OCCO. The van der Waals surface area contributed by atoms with Crippen LogP contribution in [-0.2, 0) is 9.47 Å². The van der Waals surface area contributed by atoms with E-state index in [2.05, 4.69) is 18.7 Å². The number of aliphatic hydroxyl groups excluding tert-OH is 2. The lowest BCUT2D eigenvalue weighted by atomic mass is 10.0. The Labute approximate surface area is 155 Å². The largest absolute Gasteiger partial charge is 0.394 e. The Morgan fingerprint density at radius 2 is 1.16 bits per heavy atom. The fourth-order valence-corrected chi connectivity index (χ4v) is 3.35. The molecule has 0 amide bonds. The summed E-state index contributed by atoms with van der Waals surface area (Å²) in [5.41, 5.74) is 0. The maximum atomic E-state index is 8.99. The summed E-state index contributed by atoms with van der Waals surface area (Å²) >= 11 is 0. The third kappa shape index (κ3) is 12.7. The van der Waals surface area contributed by atoms with Crippen molar-refractivity contribution < 1.29 is 19.7 Å². The summed E-state index contributed by atoms with van der Waals surface area (Å²) in [5, 5.41) is 18.0. The standard InChI is InChI=1S/C20H43NO4/c1-5-6-7-8-9-10-11-12-13-18(2)21(19(3)24-16-14-22)20(4)25-17-15-23/h18-20,22-23H,5-17H2,1-4H3. The first-order chi connectivity index (χ1) is 12.1. The van der Waals surface area contributed by atoms with Gasteiger partial charge in [0.1, 0.15) is 12.5 Å². The summed E-state index contributed by atoms with van der Waals surface area (Å²) in [6, 6.07) is 0.336. The zero-order chi connectivity index (χ0) is 18.9. The van der Waals surface area contributed by atoms with Crippen molar-refractivity contribution in [2.45, 2.75) is 104 Å². The van der Waals surface area contributed by atoms with Gasteiger partial charge in [0.05, 0.1) is 26.4 Å². The second-order valence-electron chi connectivity index (χ2n) is 6.95. The van der Waals surface area contributed by atoms with E-state index in [4.69, 9.17) is 19.7 Å². The van der Waals surface area contributed by atoms with E-state index in [-0.39, 0.29) is 25.7 Å². The minimum atomic E-state index is -0.120. The molecule has 0 aliphatic rings. The van der Waals surface area contributed by atoms with Crippen molar-refractivity contribution in [2.24, 2.45) is 0 Å². The van der Waals surface area contributed by atoms with E-state index in [0.29, 0.717) is 19.3 Å². The first-order valence-electron chi connectivity index (χ1n) is 10.3. The average Bonchev–Trinajstić information content (AvgIpc) is 2.60. The van der Waals surface area contributed by atoms with Crippen LogP contribution in [0.2, 0.25) is 0 Å². The number of hydrogen-bond acceptors (Lipinski definition) is 5. The van der Waals surface area contributed by atoms with Gasteiger partial charge in [-0.2, -0.15) is 0 Å². The van der Waals surface area contributed by atoms with Crippen LogP contribution >= 0.6 is 0 Å². The summed E-state index contributed by atoms with van der Waals surface area (Å²) in [7, 11) is 0. The second-order valence-corrected chi connectivity index (χ2v) is 6.95. The van der Waals surface area contributed by atoms with E-state index in [1.54, 1.807) is 0 Å². The molecule has 0 aromatic rings. The highest BCUT2D eigenvalue weighted by Crippen LogP contribution is 2.19. The van der Waals surface area contributed by atoms with E-state index in [1.165, 1.54) is 51.4 Å². The molecule has 3 atom stereocenters. The number of rotatable bonds is 18. The minimum Gasteiger partial charge on any atom is -0.394 e. The topological polar surface area (TPSA) is 62.2 Å². The molecule has 0 saturated carbocycles. The fraction of sp³-hybridized carbons (Fsp3) is 1.00. The molecule has 152 valence electrons. The van der Waals surface area contributed by atoms with Crippen LogP contribution in [0.25, 0.3) is 0 Å². The van der Waals surface area contributed by atoms with Gasteiger partial charge in [0.2, 0.25) is 0 Å². The van der Waals surface area contributed by atoms with Gasteiger partial charge in [0.15, 0.2) is 0 Å². The number of nitrogens with zero attached hydrogens (tertiary/aromatic N) is 1. The molecule has 0 bridgehead atoms. The molecule has 0 radical (unpaired) electrons. The Morgan fingerprint density at radius 3 is 1.60 bits per heavy atom. The first kappa shape index (κ1) is 24.8. The van der Waals surface area contributed by atoms with Crippen LogP contribution in [-0.4, -0.2) is 60.0 Å². The molecule has 2 N–H and O–H groups in total. The third-order valence-corrected chi connectivity index (χ3v) is 4.72. The molecule has 5 nitrogen and oxygen atoms in total. The average molecular weight is 362 g/mol. The molecule has 0 aromatic heterocycles. The molecule has 25 heavy (non-hydrogen) atoms. The van der Waals surface area contributed by atoms with Crippen LogP contribution in [0.5, 0.6) is 0 Å². The van der Waals surface area contributed by atoms with Crippen molar-refractivity contribution in [3.8, 4) is 0 Å². The van der Waals surface area contributed by atoms with E-state index in [9.17, 15) is 0 Å². The Hall–Kier alpha value is -0.200. The van der Waals surface area contributed by atoms with Crippen LogP contribution in [0.15, 0.2) is 0 Å². The molecule has 0 rings (SSSR count). The van der Waals surface area contributed by atoms with Crippen molar-refractivity contribution in [3.63, 3.8) is 0 Å². The summed E-state index contributed by atoms with van der Waals surface area (Å²) in [6.45, 7) is 9.16. The molecule has 0 aliphatic carbocycles. The van der Waals surface area contributed by atoms with Crippen LogP contribution in [0, 0.1) is 0 Å². The van der Waals surface area contributed by atoms with E-state index in [0.717, 1.165) is 6.42 Å². The molecule has 0 aromatic carbocycles. The highest BCUT2D eigenvalue weighted by atomic mass is 16.5. The van der Waals surface area contributed by atoms with Crippen LogP contribution < -0.4 is 0 Å². The van der Waals surface area contributed by atoms with Gasteiger partial charge in [0, 0.05) is 6.04 Å². The van der Waals surface area contributed by atoms with Crippen molar-refractivity contribution in [1.82, 2.24) is 4.90 Å². The van der Waals surface area contributed by atoms with Gasteiger partial charge in [0.25, 0.3) is 0 Å². The Balaban J connectivity index is 4.20. The molecule has 5 heteroatoms. The third-order valence-electron chi connectivity index (χ3n) is 4.72. The highest BCUT2D eigenvalue weighted by molar-refractivity contribution is 4.71. The van der Waals surface area contributed by atoms with Gasteiger partial charge in [-0.1, -0.05) is 58.3 Å². The molecule has 0 fully saturated rings. The number of aliphatic hydroxyl groups is 2. The number of unbranched alkanes of at least 4 members (excludes halogenated alkanes) is 7. The summed E-state index contributed by atoms with van der Waals surface area (Å²) in [4.78, 5) is 2.20. The normalized spacial score (nSPS) is 15.5. The molecule has 0 saturated heterocycles. The molecule has 0 aliphatic heterocycles. The molecule has 0 spiro atoms. The number of ether oxygens (including phenoxy) is 2. The van der Waals surface area contributed by atoms with Gasteiger partial charge in [-0.3, -0.25) is 4.90 Å².